The Labute approximate surface area is 88.5 Å². The molecule has 0 heterocycles. The Bertz CT molecular complexity index is 262. The molecule has 80 valence electrons. The van der Waals surface area contributed by atoms with Crippen molar-refractivity contribution < 1.29 is 9.53 Å². The Morgan fingerprint density at radius 3 is 2.64 bits per heavy atom. The Balaban J connectivity index is 4.59. The molecular weight excluding hydrogens is 204 g/mol. The quantitative estimate of drug-likeness (QED) is 0.547. The summed E-state index contributed by atoms with van der Waals surface area (Å²) in [4.78, 5) is 11.2. The summed E-state index contributed by atoms with van der Waals surface area (Å²) in [5, 5.41) is 0.257. The van der Waals surface area contributed by atoms with Crippen LogP contribution in [0.4, 0.5) is 0 Å². The third-order valence-electron chi connectivity index (χ3n) is 1.62. The smallest absolute Gasteiger partial charge is 0.314 e. The van der Waals surface area contributed by atoms with Gasteiger partial charge in [-0.2, -0.15) is 0 Å². The van der Waals surface area contributed by atoms with E-state index in [4.69, 9.17) is 27.8 Å². The molecule has 0 spiro atoms. The number of nitrogens with two attached hydrogens (primary N) is 2. The number of ether oxygens (including phenoxy) is 1. The van der Waals surface area contributed by atoms with Crippen LogP contribution in [0, 0.1) is 5.92 Å². The molecule has 0 aromatic rings. The second-order valence-electron chi connectivity index (χ2n) is 2.64. The molecule has 0 saturated heterocycles. The first kappa shape index (κ1) is 12.8. The highest BCUT2D eigenvalue weighted by Gasteiger charge is 2.18. The fourth-order valence-electron chi connectivity index (χ4n) is 0.782. The second kappa shape index (κ2) is 6.32. The summed E-state index contributed by atoms with van der Waals surface area (Å²) in [6.07, 6.45) is 2.68. The fourth-order valence-corrected chi connectivity index (χ4v) is 1.02. The van der Waals surface area contributed by atoms with Crippen LogP contribution >= 0.6 is 11.6 Å². The highest BCUT2D eigenvalue weighted by Crippen LogP contribution is 2.15. The molecule has 0 rings (SSSR count). The average Bonchev–Trinajstić information content (AvgIpc) is 2.16. The average molecular weight is 219 g/mol. The number of esters is 1. The lowest BCUT2D eigenvalue weighted by molar-refractivity contribution is -0.146. The Morgan fingerprint density at radius 2 is 2.21 bits per heavy atom. The van der Waals surface area contributed by atoms with Crippen molar-refractivity contribution in [1.82, 2.24) is 0 Å². The molecule has 0 bridgehead atoms. The van der Waals surface area contributed by atoms with Crippen molar-refractivity contribution in [3.63, 3.8) is 0 Å². The van der Waals surface area contributed by atoms with Crippen LogP contribution in [0.5, 0.6) is 0 Å². The summed E-state index contributed by atoms with van der Waals surface area (Å²) in [7, 11) is 0. The molecule has 0 aromatic heterocycles. The first-order valence-corrected chi connectivity index (χ1v) is 4.62. The number of hydrogen-bond acceptors (Lipinski definition) is 4. The number of hydrogen-bond donors (Lipinski definition) is 2. The first-order chi connectivity index (χ1) is 6.54. The van der Waals surface area contributed by atoms with E-state index in [2.05, 4.69) is 0 Å². The van der Waals surface area contributed by atoms with Crippen molar-refractivity contribution in [2.75, 3.05) is 6.61 Å². The van der Waals surface area contributed by atoms with E-state index in [-0.39, 0.29) is 10.7 Å². The minimum Gasteiger partial charge on any atom is -0.465 e. The fraction of sp³-hybridized carbons (Fsp3) is 0.444. The molecule has 4 nitrogen and oxygen atoms in total. The molecule has 0 aliphatic heterocycles. The monoisotopic (exact) mass is 218 g/mol. The molecule has 4 N–H and O–H groups in total. The van der Waals surface area contributed by atoms with E-state index in [9.17, 15) is 4.79 Å². The lowest BCUT2D eigenvalue weighted by atomic mass is 10.1. The maximum absolute atomic E-state index is 11.2. The molecule has 14 heavy (non-hydrogen) atoms. The van der Waals surface area contributed by atoms with E-state index in [1.54, 1.807) is 13.8 Å². The molecule has 0 aliphatic rings. The van der Waals surface area contributed by atoms with Gasteiger partial charge in [-0.05, 0) is 26.1 Å². The maximum Gasteiger partial charge on any atom is 0.314 e. The molecule has 0 saturated carbocycles. The molecule has 0 amide bonds. The van der Waals surface area contributed by atoms with Crippen molar-refractivity contribution in [2.45, 2.75) is 13.8 Å². The van der Waals surface area contributed by atoms with E-state index in [1.165, 1.54) is 12.3 Å². The summed E-state index contributed by atoms with van der Waals surface area (Å²) in [6.45, 7) is 3.67. The van der Waals surface area contributed by atoms with E-state index in [1.807, 2.05) is 0 Å². The number of halogens is 1. The van der Waals surface area contributed by atoms with Crippen molar-refractivity contribution in [3.05, 3.63) is 23.0 Å². The summed E-state index contributed by atoms with van der Waals surface area (Å²) in [5.41, 5.74) is 11.0. The van der Waals surface area contributed by atoms with E-state index < -0.39 is 11.9 Å². The largest absolute Gasteiger partial charge is 0.465 e. The molecular formula is C9H15ClN2O2. The van der Waals surface area contributed by atoms with Gasteiger partial charge in [-0.3, -0.25) is 4.79 Å². The van der Waals surface area contributed by atoms with Crippen LogP contribution < -0.4 is 11.5 Å². The van der Waals surface area contributed by atoms with Crippen molar-refractivity contribution in [3.8, 4) is 0 Å². The summed E-state index contributed by atoms with van der Waals surface area (Å²) < 4.78 is 4.79. The highest BCUT2D eigenvalue weighted by molar-refractivity contribution is 6.31. The van der Waals surface area contributed by atoms with Crippen LogP contribution in [0.2, 0.25) is 0 Å². The summed E-state index contributed by atoms with van der Waals surface area (Å²) in [5.74, 6) is -0.952. The van der Waals surface area contributed by atoms with Gasteiger partial charge in [-0.15, -0.1) is 0 Å². The summed E-state index contributed by atoms with van der Waals surface area (Å²) in [6, 6.07) is 0. The predicted molar refractivity (Wildman–Crippen MR) is 56.2 cm³/mol. The van der Waals surface area contributed by atoms with Gasteiger partial charge in [0.15, 0.2) is 0 Å². The molecule has 0 radical (unpaired) electrons. The van der Waals surface area contributed by atoms with Crippen molar-refractivity contribution in [2.24, 2.45) is 17.4 Å². The maximum atomic E-state index is 11.2. The minimum absolute atomic E-state index is 0.256. The Morgan fingerprint density at radius 1 is 1.64 bits per heavy atom. The lowest BCUT2D eigenvalue weighted by Gasteiger charge is -2.11. The second-order valence-corrected chi connectivity index (χ2v) is 3.04. The van der Waals surface area contributed by atoms with Gasteiger partial charge in [0, 0.05) is 5.70 Å². The van der Waals surface area contributed by atoms with Gasteiger partial charge in [-0.25, -0.2) is 0 Å². The number of allylic oxidation sites excluding steroid dienone is 2. The lowest BCUT2D eigenvalue weighted by Crippen LogP contribution is -2.21. The van der Waals surface area contributed by atoms with Crippen LogP contribution in [0.15, 0.2) is 23.0 Å². The number of carbonyl (C=O) groups excluding carboxylic acids is 1. The van der Waals surface area contributed by atoms with Crippen LogP contribution in [-0.4, -0.2) is 12.6 Å². The molecule has 0 fully saturated rings. The van der Waals surface area contributed by atoms with Gasteiger partial charge in [0.25, 0.3) is 0 Å². The van der Waals surface area contributed by atoms with E-state index >= 15 is 0 Å². The van der Waals surface area contributed by atoms with Gasteiger partial charge in [-0.1, -0.05) is 11.6 Å². The van der Waals surface area contributed by atoms with Crippen LogP contribution in [0.25, 0.3) is 0 Å². The zero-order valence-corrected chi connectivity index (χ0v) is 9.04. The predicted octanol–water partition coefficient (Wildman–Crippen LogP) is 1.07. The molecule has 0 aliphatic carbocycles. The third kappa shape index (κ3) is 3.70. The topological polar surface area (TPSA) is 78.3 Å². The van der Waals surface area contributed by atoms with E-state index in [0.717, 1.165) is 0 Å². The number of carbonyl (C=O) groups is 1. The third-order valence-corrected chi connectivity index (χ3v) is 1.97. The zero-order valence-electron chi connectivity index (χ0n) is 8.29. The van der Waals surface area contributed by atoms with Gasteiger partial charge in [0.1, 0.15) is 0 Å². The van der Waals surface area contributed by atoms with Crippen LogP contribution in [-0.2, 0) is 9.53 Å². The van der Waals surface area contributed by atoms with Gasteiger partial charge >= 0.3 is 5.97 Å². The molecule has 0 aromatic carbocycles. The van der Waals surface area contributed by atoms with Crippen molar-refractivity contribution >= 4 is 17.6 Å². The van der Waals surface area contributed by atoms with Gasteiger partial charge in [0.05, 0.1) is 17.6 Å². The molecule has 1 atom stereocenters. The SMILES string of the molecule is CCOC(=O)C(C)/C(N)=C(Cl)/C=C\N. The standard InChI is InChI=1S/C9H15ClN2O2/c1-3-14-9(13)6(2)8(12)7(10)4-5-11/h4-6H,3,11-12H2,1-2H3/b5-4-,8-7+. The normalized spacial score (nSPS) is 15.1. The van der Waals surface area contributed by atoms with E-state index in [0.29, 0.717) is 6.61 Å². The molecule has 1 unspecified atom stereocenters. The Kier molecular flexibility index (Phi) is 5.79. The first-order valence-electron chi connectivity index (χ1n) is 4.24. The van der Waals surface area contributed by atoms with Crippen LogP contribution in [0.3, 0.4) is 0 Å². The van der Waals surface area contributed by atoms with Gasteiger partial charge in [0.2, 0.25) is 0 Å². The highest BCUT2D eigenvalue weighted by atomic mass is 35.5. The van der Waals surface area contributed by atoms with Crippen LogP contribution in [0.1, 0.15) is 13.8 Å². The minimum atomic E-state index is -0.557. The summed E-state index contributed by atoms with van der Waals surface area (Å²) >= 11 is 5.75. The number of rotatable bonds is 4. The van der Waals surface area contributed by atoms with Crippen molar-refractivity contribution in [1.29, 1.82) is 0 Å². The molecule has 5 heteroatoms. The van der Waals surface area contributed by atoms with Gasteiger partial charge < -0.3 is 16.2 Å². The zero-order chi connectivity index (χ0) is 11.1. The Hall–Kier alpha value is -1.16.